The Bertz CT molecular complexity index is 920. The predicted octanol–water partition coefficient (Wildman–Crippen LogP) is 3.10. The second-order valence-electron chi connectivity index (χ2n) is 4.86. The van der Waals surface area contributed by atoms with Crippen molar-refractivity contribution in [1.29, 1.82) is 0 Å². The Kier molecular flexibility index (Phi) is 5.94. The quantitative estimate of drug-likeness (QED) is 0.722. The third-order valence-electron chi connectivity index (χ3n) is 2.75. The molecule has 2 amide bonds. The maximum Gasteiger partial charge on any atom is 0.471 e. The van der Waals surface area contributed by atoms with Crippen LogP contribution in [0.3, 0.4) is 0 Å². The minimum atomic E-state index is -5.04. The summed E-state index contributed by atoms with van der Waals surface area (Å²) < 4.78 is 37.7. The van der Waals surface area contributed by atoms with Crippen molar-refractivity contribution in [2.45, 2.75) is 13.1 Å². The van der Waals surface area contributed by atoms with Crippen LogP contribution < -0.4 is 10.6 Å². The van der Waals surface area contributed by atoms with Gasteiger partial charge in [-0.2, -0.15) is 13.2 Å². The maximum atomic E-state index is 12.4. The first-order valence-electron chi connectivity index (χ1n) is 6.94. The molecule has 26 heavy (non-hydrogen) atoms. The van der Waals surface area contributed by atoms with Crippen LogP contribution in [0.25, 0.3) is 0 Å². The van der Waals surface area contributed by atoms with Crippen molar-refractivity contribution in [3.05, 3.63) is 46.3 Å². The van der Waals surface area contributed by atoms with E-state index in [2.05, 4.69) is 43.1 Å². The van der Waals surface area contributed by atoms with Crippen LogP contribution in [-0.4, -0.2) is 28.0 Å². The van der Waals surface area contributed by atoms with Gasteiger partial charge in [-0.05, 0) is 40.0 Å². The van der Waals surface area contributed by atoms with Gasteiger partial charge in [0.05, 0.1) is 5.69 Å². The topological polar surface area (TPSA) is 84.0 Å². The van der Waals surface area contributed by atoms with Gasteiger partial charge in [-0.15, -0.1) is 0 Å². The van der Waals surface area contributed by atoms with Gasteiger partial charge >= 0.3 is 12.1 Å². The summed E-state index contributed by atoms with van der Waals surface area (Å²) in [6.45, 7) is 1.32. The molecule has 0 saturated carbocycles. The minimum absolute atomic E-state index is 0.0521. The maximum absolute atomic E-state index is 12.4. The Hall–Kier alpha value is -2.93. The highest BCUT2D eigenvalue weighted by Gasteiger charge is 2.39. The van der Waals surface area contributed by atoms with Crippen molar-refractivity contribution < 1.29 is 22.8 Å². The van der Waals surface area contributed by atoms with Crippen molar-refractivity contribution >= 4 is 39.2 Å². The second kappa shape index (κ2) is 7.97. The summed E-state index contributed by atoms with van der Waals surface area (Å²) in [5.41, 5.74) is 0.204. The molecule has 6 nitrogen and oxygen atoms in total. The van der Waals surface area contributed by atoms with Crippen molar-refractivity contribution in [3.63, 3.8) is 0 Å². The lowest BCUT2D eigenvalue weighted by atomic mass is 10.2. The molecule has 10 heteroatoms. The first-order chi connectivity index (χ1) is 12.1. The number of pyridine rings is 2. The fraction of sp³-hybridized carbons (Fsp3) is 0.125. The Morgan fingerprint density at radius 3 is 2.54 bits per heavy atom. The van der Waals surface area contributed by atoms with Crippen LogP contribution in [0.15, 0.2) is 35.1 Å². The molecule has 134 valence electrons. The van der Waals surface area contributed by atoms with Crippen LogP contribution in [-0.2, 0) is 9.59 Å². The van der Waals surface area contributed by atoms with Gasteiger partial charge in [-0.25, -0.2) is 9.97 Å². The van der Waals surface area contributed by atoms with Crippen LogP contribution in [0.2, 0.25) is 0 Å². The second-order valence-corrected chi connectivity index (χ2v) is 5.78. The van der Waals surface area contributed by atoms with E-state index in [1.54, 1.807) is 11.4 Å². The number of nitrogens with one attached hydrogen (secondary N) is 2. The smallest absolute Gasteiger partial charge is 0.316 e. The van der Waals surface area contributed by atoms with Gasteiger partial charge in [-0.3, -0.25) is 9.59 Å². The highest BCUT2D eigenvalue weighted by molar-refractivity contribution is 9.10. The average Bonchev–Trinajstić information content (AvgIpc) is 2.53. The largest absolute Gasteiger partial charge is 0.471 e. The number of carbonyl (C=O) groups excluding carboxylic acids is 2. The third-order valence-corrected chi connectivity index (χ3v) is 3.18. The summed E-state index contributed by atoms with van der Waals surface area (Å²) in [6.07, 6.45) is -2.29. The number of aromatic nitrogens is 2. The van der Waals surface area contributed by atoms with E-state index in [0.717, 1.165) is 0 Å². The first-order valence-corrected chi connectivity index (χ1v) is 7.74. The molecule has 0 aliphatic rings. The fourth-order valence-corrected chi connectivity index (χ4v) is 2.05. The number of amides is 2. The zero-order chi connectivity index (χ0) is 19.3. The van der Waals surface area contributed by atoms with Crippen molar-refractivity contribution in [3.8, 4) is 11.8 Å². The molecule has 2 rings (SSSR count). The van der Waals surface area contributed by atoms with Gasteiger partial charge in [-0.1, -0.05) is 5.92 Å². The standard InChI is InChI=1S/C16H10BrF3N4O2/c1-9(25)23-14-6-10(4-5-21-14)2-3-12-13(7-11(17)8-22-12)24-15(26)16(18,19)20/h4-8H,1H3,(H,24,26)(H,21,23,25). The summed E-state index contributed by atoms with van der Waals surface area (Å²) in [5, 5.41) is 4.22. The molecule has 0 bridgehead atoms. The monoisotopic (exact) mass is 426 g/mol. The molecule has 0 aliphatic carbocycles. The summed E-state index contributed by atoms with van der Waals surface area (Å²) in [6, 6.07) is 4.29. The number of carbonyl (C=O) groups is 2. The SMILES string of the molecule is CC(=O)Nc1cc(C#Cc2ncc(Br)cc2NC(=O)C(F)(F)F)ccn1. The average molecular weight is 427 g/mol. The molecule has 0 fully saturated rings. The first kappa shape index (κ1) is 19.4. The van der Waals surface area contributed by atoms with E-state index in [4.69, 9.17) is 0 Å². The molecule has 0 radical (unpaired) electrons. The van der Waals surface area contributed by atoms with Crippen LogP contribution in [0.4, 0.5) is 24.7 Å². The van der Waals surface area contributed by atoms with Crippen LogP contribution >= 0.6 is 15.9 Å². The van der Waals surface area contributed by atoms with Gasteiger partial charge in [0.2, 0.25) is 5.91 Å². The van der Waals surface area contributed by atoms with E-state index in [1.165, 1.54) is 31.5 Å². The normalized spacial score (nSPS) is 10.5. The highest BCUT2D eigenvalue weighted by atomic mass is 79.9. The summed E-state index contributed by atoms with van der Waals surface area (Å²) in [4.78, 5) is 30.0. The molecule has 0 unspecified atom stereocenters. The molecular weight excluding hydrogens is 417 g/mol. The number of rotatable bonds is 2. The van der Waals surface area contributed by atoms with E-state index < -0.39 is 12.1 Å². The number of hydrogen-bond donors (Lipinski definition) is 2. The number of nitrogens with zero attached hydrogens (tertiary/aromatic N) is 2. The lowest BCUT2D eigenvalue weighted by molar-refractivity contribution is -0.167. The van der Waals surface area contributed by atoms with Gasteiger partial charge < -0.3 is 10.6 Å². The van der Waals surface area contributed by atoms with E-state index >= 15 is 0 Å². The Balaban J connectivity index is 2.32. The summed E-state index contributed by atoms with van der Waals surface area (Å²) in [7, 11) is 0. The van der Waals surface area contributed by atoms with E-state index in [0.29, 0.717) is 10.0 Å². The fourth-order valence-electron chi connectivity index (χ4n) is 1.72. The van der Waals surface area contributed by atoms with Crippen molar-refractivity contribution in [2.75, 3.05) is 10.6 Å². The number of halogens is 4. The molecule has 0 saturated heterocycles. The molecule has 2 aromatic rings. The molecule has 0 spiro atoms. The van der Waals surface area contributed by atoms with Crippen LogP contribution in [0, 0.1) is 11.8 Å². The minimum Gasteiger partial charge on any atom is -0.316 e. The molecule has 2 N–H and O–H groups in total. The molecule has 0 aliphatic heterocycles. The predicted molar refractivity (Wildman–Crippen MR) is 91.1 cm³/mol. The lowest BCUT2D eigenvalue weighted by Gasteiger charge is -2.09. The number of alkyl halides is 3. The van der Waals surface area contributed by atoms with Crippen LogP contribution in [0.5, 0.6) is 0 Å². The van der Waals surface area contributed by atoms with Gasteiger partial charge in [0, 0.05) is 29.4 Å². The Morgan fingerprint density at radius 2 is 1.88 bits per heavy atom. The summed E-state index contributed by atoms with van der Waals surface area (Å²) >= 11 is 3.07. The van der Waals surface area contributed by atoms with E-state index in [9.17, 15) is 22.8 Å². The number of hydrogen-bond acceptors (Lipinski definition) is 4. The zero-order valence-corrected chi connectivity index (χ0v) is 14.7. The molecule has 0 aromatic carbocycles. The van der Waals surface area contributed by atoms with Gasteiger partial charge in [0.25, 0.3) is 0 Å². The molecule has 2 aromatic heterocycles. The number of anilines is 2. The van der Waals surface area contributed by atoms with Crippen LogP contribution in [0.1, 0.15) is 18.2 Å². The highest BCUT2D eigenvalue weighted by Crippen LogP contribution is 2.22. The Labute approximate surface area is 154 Å². The molecular formula is C16H10BrF3N4O2. The van der Waals surface area contributed by atoms with Gasteiger partial charge in [0.1, 0.15) is 11.5 Å². The van der Waals surface area contributed by atoms with Crippen molar-refractivity contribution in [2.24, 2.45) is 0 Å². The zero-order valence-electron chi connectivity index (χ0n) is 13.1. The summed E-state index contributed by atoms with van der Waals surface area (Å²) in [5.74, 6) is 3.12. The lowest BCUT2D eigenvalue weighted by Crippen LogP contribution is -2.30. The van der Waals surface area contributed by atoms with Gasteiger partial charge in [0.15, 0.2) is 0 Å². The van der Waals surface area contributed by atoms with E-state index in [1.807, 2.05) is 0 Å². The van der Waals surface area contributed by atoms with Crippen molar-refractivity contribution in [1.82, 2.24) is 9.97 Å². The third kappa shape index (κ3) is 5.56. The molecule has 2 heterocycles. The van der Waals surface area contributed by atoms with E-state index in [-0.39, 0.29) is 23.1 Å². The molecule has 0 atom stereocenters. The Morgan fingerprint density at radius 1 is 1.15 bits per heavy atom.